The van der Waals surface area contributed by atoms with Crippen molar-refractivity contribution >= 4 is 23.0 Å². The first-order valence-corrected chi connectivity index (χ1v) is 11.8. The highest BCUT2D eigenvalue weighted by molar-refractivity contribution is 7.98. The maximum absolute atomic E-state index is 5.76. The second kappa shape index (κ2) is 8.31. The van der Waals surface area contributed by atoms with E-state index in [0.29, 0.717) is 0 Å². The van der Waals surface area contributed by atoms with Crippen molar-refractivity contribution in [2.24, 2.45) is 5.92 Å². The van der Waals surface area contributed by atoms with Gasteiger partial charge >= 0.3 is 0 Å². The van der Waals surface area contributed by atoms with Crippen LogP contribution in [0.4, 0.5) is 5.69 Å². The van der Waals surface area contributed by atoms with E-state index in [9.17, 15) is 0 Å². The van der Waals surface area contributed by atoms with Gasteiger partial charge in [0.05, 0.1) is 24.0 Å². The van der Waals surface area contributed by atoms with Gasteiger partial charge in [-0.15, -0.1) is 11.8 Å². The Morgan fingerprint density at radius 1 is 1.24 bits per heavy atom. The minimum atomic E-state index is 0.842. The topological polar surface area (TPSA) is 29.8 Å². The predicted octanol–water partition coefficient (Wildman–Crippen LogP) is 5.98. The summed E-state index contributed by atoms with van der Waals surface area (Å²) in [7, 11) is 1.75. The number of nitrogens with zero attached hydrogens (tertiary/aromatic N) is 3. The normalized spacial score (nSPS) is 13.8. The SMILES string of the molecule is CCCN(CC1CC1)c1c(SC)nn2c(-c3c(C)cc(C)cc3OC)cccc12. The Morgan fingerprint density at radius 2 is 2.03 bits per heavy atom. The number of hydrogen-bond acceptors (Lipinski definition) is 4. The van der Waals surface area contributed by atoms with Crippen LogP contribution in [0.1, 0.15) is 37.3 Å². The highest BCUT2D eigenvalue weighted by atomic mass is 32.2. The van der Waals surface area contributed by atoms with Crippen molar-refractivity contribution < 1.29 is 4.74 Å². The highest BCUT2D eigenvalue weighted by Gasteiger charge is 2.28. The Kier molecular flexibility index (Phi) is 5.77. The molecule has 2 heterocycles. The summed E-state index contributed by atoms with van der Waals surface area (Å²) in [6, 6.07) is 10.8. The molecule has 29 heavy (non-hydrogen) atoms. The number of aromatic nitrogens is 2. The van der Waals surface area contributed by atoms with E-state index in [4.69, 9.17) is 9.84 Å². The Balaban J connectivity index is 1.92. The molecule has 0 unspecified atom stereocenters. The Labute approximate surface area is 178 Å². The fourth-order valence-corrected chi connectivity index (χ4v) is 4.84. The average molecular weight is 410 g/mol. The Hall–Kier alpha value is -2.14. The van der Waals surface area contributed by atoms with Gasteiger partial charge in [-0.2, -0.15) is 5.10 Å². The number of thioether (sulfide) groups is 1. The summed E-state index contributed by atoms with van der Waals surface area (Å²) in [5.41, 5.74) is 7.09. The summed E-state index contributed by atoms with van der Waals surface area (Å²) in [6.45, 7) is 8.73. The molecule has 1 aliphatic rings. The lowest BCUT2D eigenvalue weighted by Gasteiger charge is -2.24. The van der Waals surface area contributed by atoms with E-state index in [2.05, 4.69) is 66.8 Å². The van der Waals surface area contributed by atoms with Gasteiger partial charge in [-0.25, -0.2) is 4.52 Å². The molecule has 1 saturated carbocycles. The molecule has 0 amide bonds. The van der Waals surface area contributed by atoms with Crippen LogP contribution in [0.3, 0.4) is 0 Å². The van der Waals surface area contributed by atoms with Crippen molar-refractivity contribution in [2.45, 2.75) is 45.1 Å². The van der Waals surface area contributed by atoms with Gasteiger partial charge in [0.1, 0.15) is 10.8 Å². The zero-order chi connectivity index (χ0) is 20.5. The smallest absolute Gasteiger partial charge is 0.142 e. The monoisotopic (exact) mass is 409 g/mol. The molecule has 0 aliphatic heterocycles. The number of benzene rings is 1. The summed E-state index contributed by atoms with van der Waals surface area (Å²) in [6.07, 6.45) is 5.99. The molecular formula is C24H31N3OS. The van der Waals surface area contributed by atoms with Crippen molar-refractivity contribution in [3.05, 3.63) is 41.5 Å². The van der Waals surface area contributed by atoms with Crippen LogP contribution in [0.15, 0.2) is 35.4 Å². The van der Waals surface area contributed by atoms with E-state index < -0.39 is 0 Å². The summed E-state index contributed by atoms with van der Waals surface area (Å²) < 4.78 is 7.89. The zero-order valence-electron chi connectivity index (χ0n) is 18.2. The second-order valence-corrected chi connectivity index (χ2v) is 8.91. The standard InChI is InChI=1S/C24H31N3OS/c1-6-12-26(15-18-10-11-18)23-20-9-7-8-19(27(20)25-24(23)29-5)22-17(3)13-16(2)14-21(22)28-4/h7-9,13-14,18H,6,10-12,15H2,1-5H3. The average Bonchev–Trinajstić information content (AvgIpc) is 3.44. The molecule has 1 aliphatic carbocycles. The van der Waals surface area contributed by atoms with Crippen LogP contribution in [0.5, 0.6) is 5.75 Å². The summed E-state index contributed by atoms with van der Waals surface area (Å²) in [5.74, 6) is 1.75. The number of methoxy groups -OCH3 is 1. The fourth-order valence-electron chi connectivity index (χ4n) is 4.25. The van der Waals surface area contributed by atoms with Gasteiger partial charge in [0.2, 0.25) is 0 Å². The molecule has 3 aromatic rings. The summed E-state index contributed by atoms with van der Waals surface area (Å²) in [4.78, 5) is 2.56. The quantitative estimate of drug-likeness (QED) is 0.428. The van der Waals surface area contributed by atoms with Crippen LogP contribution in [0, 0.1) is 19.8 Å². The van der Waals surface area contributed by atoms with Crippen LogP contribution in [-0.4, -0.2) is 36.1 Å². The van der Waals surface area contributed by atoms with Crippen LogP contribution < -0.4 is 9.64 Å². The third-order valence-electron chi connectivity index (χ3n) is 5.70. The van der Waals surface area contributed by atoms with E-state index >= 15 is 0 Å². The molecule has 0 radical (unpaired) electrons. The number of fused-ring (bicyclic) bond motifs is 1. The van der Waals surface area contributed by atoms with Crippen LogP contribution in [0.25, 0.3) is 16.8 Å². The molecule has 2 aromatic heterocycles. The van der Waals surface area contributed by atoms with Gasteiger partial charge in [-0.1, -0.05) is 19.1 Å². The van der Waals surface area contributed by atoms with Crippen molar-refractivity contribution in [3.63, 3.8) is 0 Å². The van der Waals surface area contributed by atoms with Gasteiger partial charge in [0.15, 0.2) is 0 Å². The number of ether oxygens (including phenoxy) is 1. The van der Waals surface area contributed by atoms with Crippen LogP contribution in [0.2, 0.25) is 0 Å². The third kappa shape index (κ3) is 3.85. The van der Waals surface area contributed by atoms with E-state index in [1.54, 1.807) is 18.9 Å². The number of hydrogen-bond donors (Lipinski definition) is 0. The maximum Gasteiger partial charge on any atom is 0.142 e. The predicted molar refractivity (Wildman–Crippen MR) is 124 cm³/mol. The molecule has 1 aromatic carbocycles. The molecule has 0 spiro atoms. The Morgan fingerprint density at radius 3 is 2.69 bits per heavy atom. The lowest BCUT2D eigenvalue weighted by molar-refractivity contribution is 0.415. The fraction of sp³-hybridized carbons (Fsp3) is 0.458. The molecule has 0 saturated heterocycles. The molecule has 4 rings (SSSR count). The number of aryl methyl sites for hydroxylation is 2. The molecular weight excluding hydrogens is 378 g/mol. The first-order valence-electron chi connectivity index (χ1n) is 10.5. The largest absolute Gasteiger partial charge is 0.496 e. The number of anilines is 1. The van der Waals surface area contributed by atoms with E-state index in [0.717, 1.165) is 47.5 Å². The molecule has 5 heteroatoms. The lowest BCUT2D eigenvalue weighted by atomic mass is 10.0. The van der Waals surface area contributed by atoms with Gasteiger partial charge in [0.25, 0.3) is 0 Å². The van der Waals surface area contributed by atoms with E-state index in [1.807, 2.05) is 0 Å². The molecule has 4 nitrogen and oxygen atoms in total. The number of rotatable bonds is 8. The first-order chi connectivity index (χ1) is 14.1. The second-order valence-electron chi connectivity index (χ2n) is 8.11. The molecule has 1 fully saturated rings. The summed E-state index contributed by atoms with van der Waals surface area (Å²) >= 11 is 1.74. The van der Waals surface area contributed by atoms with Gasteiger partial charge < -0.3 is 9.64 Å². The molecule has 0 N–H and O–H groups in total. The van der Waals surface area contributed by atoms with Crippen molar-refractivity contribution in [3.8, 4) is 17.0 Å². The van der Waals surface area contributed by atoms with Gasteiger partial charge in [0, 0.05) is 18.7 Å². The van der Waals surface area contributed by atoms with Crippen LogP contribution in [-0.2, 0) is 0 Å². The first kappa shape index (κ1) is 20.1. The third-order valence-corrected chi connectivity index (χ3v) is 6.36. The highest BCUT2D eigenvalue weighted by Crippen LogP contribution is 2.40. The summed E-state index contributed by atoms with van der Waals surface area (Å²) in [5, 5.41) is 6.17. The van der Waals surface area contributed by atoms with Crippen molar-refractivity contribution in [2.75, 3.05) is 31.4 Å². The maximum atomic E-state index is 5.76. The van der Waals surface area contributed by atoms with E-state index in [1.165, 1.54) is 35.2 Å². The van der Waals surface area contributed by atoms with Gasteiger partial charge in [-0.3, -0.25) is 0 Å². The molecule has 154 valence electrons. The van der Waals surface area contributed by atoms with Gasteiger partial charge in [-0.05, 0) is 74.6 Å². The minimum Gasteiger partial charge on any atom is -0.496 e. The Bertz CT molecular complexity index is 1020. The zero-order valence-corrected chi connectivity index (χ0v) is 19.0. The van der Waals surface area contributed by atoms with E-state index in [-0.39, 0.29) is 0 Å². The minimum absolute atomic E-state index is 0.842. The number of pyridine rings is 1. The van der Waals surface area contributed by atoms with Crippen molar-refractivity contribution in [1.29, 1.82) is 0 Å². The molecule has 0 bridgehead atoms. The van der Waals surface area contributed by atoms with Crippen molar-refractivity contribution in [1.82, 2.24) is 9.61 Å². The van der Waals surface area contributed by atoms with Crippen LogP contribution >= 0.6 is 11.8 Å². The lowest BCUT2D eigenvalue weighted by Crippen LogP contribution is -2.26. The molecule has 0 atom stereocenters.